The number of rotatable bonds is 5. The van der Waals surface area contributed by atoms with Crippen LogP contribution >= 0.6 is 11.5 Å². The Hall–Kier alpha value is -3.18. The summed E-state index contributed by atoms with van der Waals surface area (Å²) in [5.74, 6) is -3.86. The highest BCUT2D eigenvalue weighted by atomic mass is 32.1. The van der Waals surface area contributed by atoms with Gasteiger partial charge in [-0.25, -0.2) is 18.2 Å². The number of nitrogens with two attached hydrogens (primary N) is 1. The number of benzene rings is 1. The van der Waals surface area contributed by atoms with E-state index >= 15 is 0 Å². The molecule has 162 valence electrons. The van der Waals surface area contributed by atoms with Gasteiger partial charge in [0, 0.05) is 17.6 Å². The first kappa shape index (κ1) is 21.1. The van der Waals surface area contributed by atoms with E-state index in [1.807, 2.05) is 0 Å². The molecule has 1 aliphatic rings. The number of hydrogen-bond donors (Lipinski definition) is 3. The number of nitrogens with one attached hydrogen (secondary N) is 2. The molecule has 0 bridgehead atoms. The Bertz CT molecular complexity index is 1100. The Morgan fingerprint density at radius 1 is 1.19 bits per heavy atom. The summed E-state index contributed by atoms with van der Waals surface area (Å²) >= 11 is 1.07. The lowest BCUT2D eigenvalue weighted by atomic mass is 10.1. The van der Waals surface area contributed by atoms with Crippen molar-refractivity contribution in [3.8, 4) is 16.3 Å². The molecule has 4 rings (SSSR count). The highest BCUT2D eigenvalue weighted by molar-refractivity contribution is 7.08. The molecule has 1 saturated heterocycles. The smallest absolute Gasteiger partial charge is 0.276 e. The van der Waals surface area contributed by atoms with Crippen LogP contribution in [0.3, 0.4) is 0 Å². The van der Waals surface area contributed by atoms with E-state index in [0.717, 1.165) is 61.7 Å². The Labute approximate surface area is 179 Å². The molecule has 1 amide bonds. The van der Waals surface area contributed by atoms with Crippen molar-refractivity contribution in [1.29, 1.82) is 0 Å². The van der Waals surface area contributed by atoms with E-state index in [4.69, 9.17) is 10.5 Å². The first-order chi connectivity index (χ1) is 14.9. The molecule has 4 N–H and O–H groups in total. The minimum atomic E-state index is -1.05. The lowest BCUT2D eigenvalue weighted by molar-refractivity contribution is 0.102. The van der Waals surface area contributed by atoms with Crippen LogP contribution in [0.15, 0.2) is 30.5 Å². The number of piperidine rings is 1. The van der Waals surface area contributed by atoms with Crippen LogP contribution in [0.5, 0.6) is 5.06 Å². The van der Waals surface area contributed by atoms with Gasteiger partial charge in [0.25, 0.3) is 5.91 Å². The van der Waals surface area contributed by atoms with Crippen molar-refractivity contribution in [3.63, 3.8) is 0 Å². The number of ether oxygens (including phenoxy) is 1. The molecular weight excluding hydrogens is 431 g/mol. The molecule has 1 fully saturated rings. The zero-order valence-electron chi connectivity index (χ0n) is 16.1. The molecular formula is C20H18F3N5O2S. The molecule has 0 radical (unpaired) electrons. The van der Waals surface area contributed by atoms with Crippen LogP contribution in [0.25, 0.3) is 11.3 Å². The maximum Gasteiger partial charge on any atom is 0.276 e. The Morgan fingerprint density at radius 3 is 2.61 bits per heavy atom. The number of carbonyl (C=O) groups is 1. The summed E-state index contributed by atoms with van der Waals surface area (Å²) in [4.78, 5) is 16.6. The number of amides is 1. The maximum absolute atomic E-state index is 14.4. The molecule has 0 spiro atoms. The molecule has 3 aromatic rings. The summed E-state index contributed by atoms with van der Waals surface area (Å²) in [6.07, 6.45) is 3.03. The summed E-state index contributed by atoms with van der Waals surface area (Å²) in [6, 6.07) is 3.89. The third-order valence-electron chi connectivity index (χ3n) is 4.77. The van der Waals surface area contributed by atoms with E-state index in [9.17, 15) is 18.0 Å². The summed E-state index contributed by atoms with van der Waals surface area (Å²) < 4.78 is 52.6. The Kier molecular flexibility index (Phi) is 6.05. The number of pyridine rings is 1. The van der Waals surface area contributed by atoms with Gasteiger partial charge in [-0.1, -0.05) is 6.07 Å². The molecule has 7 nitrogen and oxygen atoms in total. The third kappa shape index (κ3) is 4.47. The maximum atomic E-state index is 14.4. The highest BCUT2D eigenvalue weighted by Gasteiger charge is 2.24. The Morgan fingerprint density at radius 2 is 1.90 bits per heavy atom. The van der Waals surface area contributed by atoms with Gasteiger partial charge in [0.05, 0.1) is 17.4 Å². The molecule has 2 aromatic heterocycles. The van der Waals surface area contributed by atoms with Gasteiger partial charge in [-0.15, -0.1) is 0 Å². The topological polar surface area (TPSA) is 102 Å². The second-order valence-electron chi connectivity index (χ2n) is 6.90. The fourth-order valence-electron chi connectivity index (χ4n) is 3.23. The molecule has 0 atom stereocenters. The molecule has 1 aromatic carbocycles. The van der Waals surface area contributed by atoms with Gasteiger partial charge in [-0.2, -0.15) is 4.37 Å². The summed E-state index contributed by atoms with van der Waals surface area (Å²) in [5, 5.41) is 6.23. The summed E-state index contributed by atoms with van der Waals surface area (Å²) in [6.45, 7) is 1.66. The largest absolute Gasteiger partial charge is 0.478 e. The quantitative estimate of drug-likeness (QED) is 0.550. The van der Waals surface area contributed by atoms with Gasteiger partial charge in [-0.3, -0.25) is 4.79 Å². The van der Waals surface area contributed by atoms with Crippen LogP contribution in [-0.4, -0.2) is 34.5 Å². The monoisotopic (exact) mass is 449 g/mol. The zero-order chi connectivity index (χ0) is 22.0. The van der Waals surface area contributed by atoms with E-state index in [1.54, 1.807) is 0 Å². The van der Waals surface area contributed by atoms with Crippen molar-refractivity contribution in [3.05, 3.63) is 53.6 Å². The lowest BCUT2D eigenvalue weighted by Gasteiger charge is -2.23. The molecule has 31 heavy (non-hydrogen) atoms. The van der Waals surface area contributed by atoms with Crippen molar-refractivity contribution >= 4 is 28.8 Å². The van der Waals surface area contributed by atoms with E-state index in [-0.39, 0.29) is 17.5 Å². The molecule has 0 aliphatic carbocycles. The van der Waals surface area contributed by atoms with Crippen LogP contribution in [0.4, 0.5) is 24.5 Å². The van der Waals surface area contributed by atoms with Crippen molar-refractivity contribution < 1.29 is 22.7 Å². The summed E-state index contributed by atoms with van der Waals surface area (Å²) in [5.41, 5.74) is 4.08. The van der Waals surface area contributed by atoms with Gasteiger partial charge >= 0.3 is 0 Å². The second-order valence-corrected chi connectivity index (χ2v) is 7.67. The van der Waals surface area contributed by atoms with Gasteiger partial charge < -0.3 is 21.1 Å². The van der Waals surface area contributed by atoms with Gasteiger partial charge in [-0.05, 0) is 38.1 Å². The van der Waals surface area contributed by atoms with Crippen LogP contribution in [-0.2, 0) is 0 Å². The van der Waals surface area contributed by atoms with Crippen LogP contribution < -0.4 is 21.1 Å². The van der Waals surface area contributed by atoms with Crippen molar-refractivity contribution in [1.82, 2.24) is 14.7 Å². The van der Waals surface area contributed by atoms with Gasteiger partial charge in [0.1, 0.15) is 29.1 Å². The minimum absolute atomic E-state index is 0.0120. The Balaban J connectivity index is 1.61. The number of halogens is 3. The first-order valence-corrected chi connectivity index (χ1v) is 10.2. The number of aromatic nitrogens is 2. The fraction of sp³-hybridized carbons (Fsp3) is 0.250. The first-order valence-electron chi connectivity index (χ1n) is 9.48. The predicted molar refractivity (Wildman–Crippen MR) is 111 cm³/mol. The SMILES string of the molecule is Nc1cc(F)c(-c2c(F)cccc2F)nc1C(=O)Nc1cnsc1OC1CCNCC1. The highest BCUT2D eigenvalue weighted by Crippen LogP contribution is 2.33. The van der Waals surface area contributed by atoms with E-state index < -0.39 is 34.6 Å². The predicted octanol–water partition coefficient (Wildman–Crippen LogP) is 3.59. The minimum Gasteiger partial charge on any atom is -0.478 e. The molecule has 11 heteroatoms. The number of nitrogen functional groups attached to an aromatic ring is 1. The number of hydrogen-bond acceptors (Lipinski definition) is 7. The fourth-order valence-corrected chi connectivity index (χ4v) is 3.86. The van der Waals surface area contributed by atoms with Crippen LogP contribution in [0.2, 0.25) is 0 Å². The number of nitrogens with zero attached hydrogens (tertiary/aromatic N) is 2. The second kappa shape index (κ2) is 8.90. The van der Waals surface area contributed by atoms with Crippen LogP contribution in [0, 0.1) is 17.5 Å². The number of anilines is 2. The van der Waals surface area contributed by atoms with Crippen molar-refractivity contribution in [2.75, 3.05) is 24.1 Å². The van der Waals surface area contributed by atoms with E-state index in [1.165, 1.54) is 6.20 Å². The lowest BCUT2D eigenvalue weighted by Crippen LogP contribution is -2.34. The molecule has 0 saturated carbocycles. The van der Waals surface area contributed by atoms with Gasteiger partial charge in [0.2, 0.25) is 5.06 Å². The van der Waals surface area contributed by atoms with Gasteiger partial charge in [0.15, 0.2) is 11.5 Å². The standard InChI is InChI=1S/C20H18F3N5O2S/c21-11-2-1-3-12(22)16(11)17-13(23)8-14(24)18(28-17)19(29)27-15-9-26-31-20(15)30-10-4-6-25-7-5-10/h1-3,8-10,25H,4-7,24H2,(H,27,29). The van der Waals surface area contributed by atoms with E-state index in [2.05, 4.69) is 20.0 Å². The zero-order valence-corrected chi connectivity index (χ0v) is 16.9. The third-order valence-corrected chi connectivity index (χ3v) is 5.46. The van der Waals surface area contributed by atoms with Crippen molar-refractivity contribution in [2.24, 2.45) is 0 Å². The average molecular weight is 449 g/mol. The number of carbonyl (C=O) groups excluding carboxylic acids is 1. The van der Waals surface area contributed by atoms with Crippen molar-refractivity contribution in [2.45, 2.75) is 18.9 Å². The molecule has 0 unspecified atom stereocenters. The molecule has 3 heterocycles. The van der Waals surface area contributed by atoms with E-state index in [0.29, 0.717) is 10.8 Å². The average Bonchev–Trinajstić information content (AvgIpc) is 3.16. The molecule has 1 aliphatic heterocycles. The normalized spacial score (nSPS) is 14.4. The van der Waals surface area contributed by atoms with Crippen LogP contribution in [0.1, 0.15) is 23.3 Å². The summed E-state index contributed by atoms with van der Waals surface area (Å²) in [7, 11) is 0.